The Bertz CT molecular complexity index is 2640. The Balaban J connectivity index is 1.28. The van der Waals surface area contributed by atoms with Crippen molar-refractivity contribution in [2.75, 3.05) is 40.4 Å². The quantitative estimate of drug-likeness (QED) is 0.172. The minimum atomic E-state index is -1.09. The summed E-state index contributed by atoms with van der Waals surface area (Å²) in [6.07, 6.45) is 5.71. The molecule has 6 bridgehead atoms. The SMILES string of the molecule is CC#CC(=O)N1CC[C@H](C(=O)N(C)C(C(=O)N[C@H]2Cc3cccc(c3)-c3ccc4c(c3)c(c(-c3cccnc3[C@H](C)OC)n4C#N)CC(C)(C)COC(=O)[C@@H]3CCCN(N3)C2=O)C(C)C)C1. The highest BCUT2D eigenvalue weighted by Crippen LogP contribution is 2.41. The second kappa shape index (κ2) is 19.9. The average molecular weight is 897 g/mol. The van der Waals surface area contributed by atoms with Crippen LogP contribution in [0.5, 0.6) is 0 Å². The van der Waals surface area contributed by atoms with Gasteiger partial charge >= 0.3 is 5.97 Å². The molecule has 2 aromatic heterocycles. The highest BCUT2D eigenvalue weighted by atomic mass is 16.5. The molecule has 4 amide bonds. The van der Waals surface area contributed by atoms with Gasteiger partial charge in [-0.05, 0) is 97.9 Å². The monoisotopic (exact) mass is 896 g/mol. The number of carbonyl (C=O) groups is 5. The first-order valence-corrected chi connectivity index (χ1v) is 22.7. The smallest absolute Gasteiger partial charge is 0.324 e. The van der Waals surface area contributed by atoms with Gasteiger partial charge in [0.25, 0.3) is 11.8 Å². The number of likely N-dealkylation sites (tertiary alicyclic amines) is 1. The van der Waals surface area contributed by atoms with E-state index >= 15 is 0 Å². The number of hydrogen-bond acceptors (Lipinski definition) is 10. The summed E-state index contributed by atoms with van der Waals surface area (Å²) in [5.74, 6) is 2.29. The van der Waals surface area contributed by atoms with Gasteiger partial charge in [-0.15, -0.1) is 0 Å². The number of amides is 4. The van der Waals surface area contributed by atoms with E-state index in [1.165, 1.54) is 9.91 Å². The number of hydrazine groups is 1. The molecule has 3 aliphatic rings. The molecule has 5 heterocycles. The lowest BCUT2D eigenvalue weighted by atomic mass is 9.84. The highest BCUT2D eigenvalue weighted by molar-refractivity contribution is 5.97. The second-order valence-electron chi connectivity index (χ2n) is 18.8. The summed E-state index contributed by atoms with van der Waals surface area (Å²) in [6, 6.07) is 14.7. The van der Waals surface area contributed by atoms with Crippen LogP contribution in [-0.4, -0.2) is 112 Å². The molecule has 15 nitrogen and oxygen atoms in total. The summed E-state index contributed by atoms with van der Waals surface area (Å²) in [7, 11) is 3.21. The maximum absolute atomic E-state index is 14.7. The van der Waals surface area contributed by atoms with Gasteiger partial charge in [0.2, 0.25) is 11.8 Å². The van der Waals surface area contributed by atoms with Gasteiger partial charge in [-0.25, -0.2) is 9.99 Å². The zero-order valence-corrected chi connectivity index (χ0v) is 39.1. The van der Waals surface area contributed by atoms with Crippen LogP contribution in [0.3, 0.4) is 0 Å². The van der Waals surface area contributed by atoms with Crippen LogP contribution in [0.25, 0.3) is 33.3 Å². The number of esters is 1. The third kappa shape index (κ3) is 9.83. The van der Waals surface area contributed by atoms with Crippen LogP contribution in [-0.2, 0) is 46.3 Å². The number of hydrogen-bond donors (Lipinski definition) is 2. The van der Waals surface area contributed by atoms with Crippen LogP contribution < -0.4 is 10.7 Å². The number of cyclic esters (lactones) is 1. The molecule has 0 saturated carbocycles. The van der Waals surface area contributed by atoms with Crippen molar-refractivity contribution >= 4 is 40.5 Å². The van der Waals surface area contributed by atoms with Crippen molar-refractivity contribution < 1.29 is 33.4 Å². The Hall–Kier alpha value is -6.55. The number of aromatic nitrogens is 2. The minimum Gasteiger partial charge on any atom is -0.464 e. The van der Waals surface area contributed by atoms with Crippen molar-refractivity contribution in [1.29, 1.82) is 5.26 Å². The number of pyridine rings is 1. The van der Waals surface area contributed by atoms with E-state index in [-0.39, 0.29) is 43.4 Å². The van der Waals surface area contributed by atoms with Crippen LogP contribution >= 0.6 is 0 Å². The first-order chi connectivity index (χ1) is 31.5. The van der Waals surface area contributed by atoms with Gasteiger partial charge in [0.05, 0.1) is 35.5 Å². The van der Waals surface area contributed by atoms with E-state index < -0.39 is 47.2 Å². The number of fused-ring (bicyclic) bond motifs is 6. The Morgan fingerprint density at radius 3 is 2.55 bits per heavy atom. The Kier molecular flexibility index (Phi) is 14.3. The van der Waals surface area contributed by atoms with Crippen molar-refractivity contribution in [3.05, 3.63) is 77.6 Å². The molecule has 0 radical (unpaired) electrons. The van der Waals surface area contributed by atoms with Crippen molar-refractivity contribution in [3.8, 4) is 40.4 Å². The molecular formula is C51H60N8O7. The molecule has 2 fully saturated rings. The third-order valence-electron chi connectivity index (χ3n) is 13.0. The largest absolute Gasteiger partial charge is 0.464 e. The lowest BCUT2D eigenvalue weighted by Gasteiger charge is -2.37. The van der Waals surface area contributed by atoms with Gasteiger partial charge in [0.15, 0.2) is 6.19 Å². The Morgan fingerprint density at radius 2 is 1.82 bits per heavy atom. The van der Waals surface area contributed by atoms with Crippen LogP contribution in [0.15, 0.2) is 60.8 Å². The van der Waals surface area contributed by atoms with E-state index in [0.717, 1.165) is 33.2 Å². The fraction of sp³-hybridized carbons (Fsp3) is 0.471. The third-order valence-corrected chi connectivity index (χ3v) is 13.0. The molecule has 2 saturated heterocycles. The van der Waals surface area contributed by atoms with Crippen LogP contribution in [0.4, 0.5) is 0 Å². The van der Waals surface area contributed by atoms with E-state index in [0.29, 0.717) is 55.7 Å². The molecule has 0 spiro atoms. The molecule has 4 aromatic rings. The zero-order chi connectivity index (χ0) is 47.4. The van der Waals surface area contributed by atoms with Crippen molar-refractivity contribution in [3.63, 3.8) is 0 Å². The van der Waals surface area contributed by atoms with Gasteiger partial charge in [-0.3, -0.25) is 34.0 Å². The van der Waals surface area contributed by atoms with Gasteiger partial charge in [0.1, 0.15) is 18.1 Å². The topological polar surface area (TPSA) is 179 Å². The lowest BCUT2D eigenvalue weighted by Crippen LogP contribution is -2.62. The fourth-order valence-corrected chi connectivity index (χ4v) is 9.61. The second-order valence-corrected chi connectivity index (χ2v) is 18.8. The molecular weight excluding hydrogens is 837 g/mol. The lowest BCUT2D eigenvalue weighted by molar-refractivity contribution is -0.155. The van der Waals surface area contributed by atoms with E-state index in [9.17, 15) is 29.2 Å². The van der Waals surface area contributed by atoms with Crippen molar-refractivity contribution in [2.24, 2.45) is 17.3 Å². The normalized spacial score (nSPS) is 20.6. The van der Waals surface area contributed by atoms with Crippen LogP contribution in [0.1, 0.15) is 83.7 Å². The number of benzene rings is 2. The Morgan fingerprint density at radius 1 is 1.05 bits per heavy atom. The van der Waals surface area contributed by atoms with E-state index in [1.54, 1.807) is 36.7 Å². The number of methoxy groups -OCH3 is 1. The molecule has 5 atom stereocenters. The molecule has 7 rings (SSSR count). The van der Waals surface area contributed by atoms with Gasteiger partial charge < -0.3 is 24.6 Å². The molecule has 3 aliphatic heterocycles. The predicted molar refractivity (Wildman–Crippen MR) is 249 cm³/mol. The first-order valence-electron chi connectivity index (χ1n) is 22.7. The molecule has 2 aromatic carbocycles. The summed E-state index contributed by atoms with van der Waals surface area (Å²) in [5.41, 5.74) is 8.75. The van der Waals surface area contributed by atoms with Gasteiger partial charge in [-0.1, -0.05) is 63.9 Å². The number of rotatable bonds is 8. The highest BCUT2D eigenvalue weighted by Gasteiger charge is 2.40. The van der Waals surface area contributed by atoms with E-state index in [4.69, 9.17) is 14.5 Å². The maximum Gasteiger partial charge on any atom is 0.324 e. The zero-order valence-electron chi connectivity index (χ0n) is 39.1. The molecule has 0 aliphatic carbocycles. The first kappa shape index (κ1) is 47.4. The van der Waals surface area contributed by atoms with E-state index in [2.05, 4.69) is 34.8 Å². The summed E-state index contributed by atoms with van der Waals surface area (Å²) >= 11 is 0. The minimum absolute atomic E-state index is 0.0519. The summed E-state index contributed by atoms with van der Waals surface area (Å²) in [4.78, 5) is 77.2. The number of nitrogens with zero attached hydrogens (tertiary/aromatic N) is 6. The number of likely N-dealkylation sites (N-methyl/N-ethyl adjacent to an activating group) is 1. The molecule has 15 heteroatoms. The van der Waals surface area contributed by atoms with E-state index in [1.807, 2.05) is 83.1 Å². The Labute approximate surface area is 386 Å². The number of nitrogens with one attached hydrogen (secondary N) is 2. The summed E-state index contributed by atoms with van der Waals surface area (Å²) in [5, 5.41) is 16.1. The van der Waals surface area contributed by atoms with Crippen LogP contribution in [0, 0.1) is 40.5 Å². The fourth-order valence-electron chi connectivity index (χ4n) is 9.61. The number of nitriles is 1. The standard InChI is InChI=1S/C51H60N8O7/c1-9-13-43(60)57-23-20-36(28-57)48(62)56(7)45(31(2)3)47(61)54-41-25-33-14-10-15-34(24-33)35-18-19-42-38(26-35)39(46(58(42)30-52)37-16-11-21-53-44(37)32(4)65-8)27-51(5,6)29-66-50(64)40-17-12-22-59(55-40)49(41)63/h10-11,14-16,18-19,21,24,26,31-32,36,40-41,45,55H,12,17,20,22-23,25,27-29H2,1-8H3,(H,54,61)/t32-,36-,40-,41-,45?/m0/s1. The summed E-state index contributed by atoms with van der Waals surface area (Å²) in [6.45, 7) is 12.2. The molecule has 346 valence electrons. The molecule has 66 heavy (non-hydrogen) atoms. The van der Waals surface area contributed by atoms with Crippen molar-refractivity contribution in [2.45, 2.75) is 97.9 Å². The number of ether oxygens (including phenoxy) is 2. The summed E-state index contributed by atoms with van der Waals surface area (Å²) < 4.78 is 13.4. The van der Waals surface area contributed by atoms with Gasteiger partial charge in [-0.2, -0.15) is 5.26 Å². The number of carbonyl (C=O) groups excluding carboxylic acids is 5. The molecule has 1 unspecified atom stereocenters. The average Bonchev–Trinajstić information content (AvgIpc) is 3.92. The van der Waals surface area contributed by atoms with Gasteiger partial charge in [0, 0.05) is 62.8 Å². The predicted octanol–water partition coefficient (Wildman–Crippen LogP) is 5.41. The molecule has 2 N–H and O–H groups in total. The van der Waals surface area contributed by atoms with Crippen molar-refractivity contribution in [1.82, 2.24) is 35.1 Å². The van der Waals surface area contributed by atoms with Crippen LogP contribution in [0.2, 0.25) is 0 Å². The maximum atomic E-state index is 14.7.